The largest absolute Gasteiger partial charge is 0.493 e. The number of urea groups is 1. The molecule has 0 aliphatic carbocycles. The van der Waals surface area contributed by atoms with Crippen molar-refractivity contribution < 1.29 is 19.1 Å². The number of benzene rings is 2. The molecule has 7 nitrogen and oxygen atoms in total. The van der Waals surface area contributed by atoms with Gasteiger partial charge in [-0.25, -0.2) is 4.79 Å². The standard InChI is InChI=1S/C24H27N3O4/c1-15-5-8-17(9-6-15)22-21-18(26(2)24(29)25-22)14-27(23(21)28)12-11-16-7-10-19(30-3)20(13-16)31-4/h5-10,13,22H,11-12,14H2,1-4H3,(H,25,29)/t22-/m1/s1. The molecule has 0 unspecified atom stereocenters. The van der Waals surface area contributed by atoms with Crippen LogP contribution in [0.1, 0.15) is 22.7 Å². The number of hydrogen-bond acceptors (Lipinski definition) is 4. The number of ether oxygens (including phenoxy) is 2. The van der Waals surface area contributed by atoms with Gasteiger partial charge >= 0.3 is 6.03 Å². The van der Waals surface area contributed by atoms with Gasteiger partial charge in [-0.3, -0.25) is 9.69 Å². The smallest absolute Gasteiger partial charge is 0.322 e. The Morgan fingerprint density at radius 3 is 2.42 bits per heavy atom. The summed E-state index contributed by atoms with van der Waals surface area (Å²) in [5.41, 5.74) is 4.51. The van der Waals surface area contributed by atoms with Crippen LogP contribution in [0.25, 0.3) is 0 Å². The summed E-state index contributed by atoms with van der Waals surface area (Å²) >= 11 is 0. The number of nitrogens with one attached hydrogen (secondary N) is 1. The lowest BCUT2D eigenvalue weighted by atomic mass is 9.95. The van der Waals surface area contributed by atoms with Crippen LogP contribution in [0.15, 0.2) is 53.7 Å². The van der Waals surface area contributed by atoms with Gasteiger partial charge in [-0.15, -0.1) is 0 Å². The summed E-state index contributed by atoms with van der Waals surface area (Å²) in [4.78, 5) is 29.2. The molecule has 0 saturated heterocycles. The topological polar surface area (TPSA) is 71.1 Å². The molecular weight excluding hydrogens is 394 g/mol. The van der Waals surface area contributed by atoms with Crippen LogP contribution in [0.5, 0.6) is 11.5 Å². The highest BCUT2D eigenvalue weighted by atomic mass is 16.5. The van der Waals surface area contributed by atoms with Gasteiger partial charge in [0.25, 0.3) is 5.91 Å². The highest BCUT2D eigenvalue weighted by Crippen LogP contribution is 2.36. The first-order chi connectivity index (χ1) is 14.9. The molecule has 2 heterocycles. The van der Waals surface area contributed by atoms with Gasteiger partial charge in [-0.1, -0.05) is 35.9 Å². The summed E-state index contributed by atoms with van der Waals surface area (Å²) in [6.45, 7) is 2.98. The van der Waals surface area contributed by atoms with E-state index < -0.39 is 6.04 Å². The molecule has 0 radical (unpaired) electrons. The molecule has 1 N–H and O–H groups in total. The van der Waals surface area contributed by atoms with E-state index in [0.29, 0.717) is 36.6 Å². The number of aryl methyl sites for hydroxylation is 1. The fourth-order valence-electron chi connectivity index (χ4n) is 4.11. The molecule has 0 saturated carbocycles. The maximum Gasteiger partial charge on any atom is 0.322 e. The molecule has 2 aromatic rings. The molecule has 0 spiro atoms. The fraction of sp³-hybridized carbons (Fsp3) is 0.333. The van der Waals surface area contributed by atoms with Gasteiger partial charge in [0.05, 0.1) is 38.1 Å². The highest BCUT2D eigenvalue weighted by Gasteiger charge is 2.42. The van der Waals surface area contributed by atoms with Gasteiger partial charge in [0, 0.05) is 13.6 Å². The van der Waals surface area contributed by atoms with Gasteiger partial charge < -0.3 is 19.7 Å². The first kappa shape index (κ1) is 20.8. The first-order valence-electron chi connectivity index (χ1n) is 10.3. The van der Waals surface area contributed by atoms with Crippen molar-refractivity contribution in [3.05, 3.63) is 70.4 Å². The predicted molar refractivity (Wildman–Crippen MR) is 117 cm³/mol. The van der Waals surface area contributed by atoms with E-state index in [-0.39, 0.29) is 11.9 Å². The van der Waals surface area contributed by atoms with E-state index in [4.69, 9.17) is 9.47 Å². The predicted octanol–water partition coefficient (Wildman–Crippen LogP) is 3.05. The van der Waals surface area contributed by atoms with Crippen molar-refractivity contribution in [1.82, 2.24) is 15.1 Å². The van der Waals surface area contributed by atoms with Crippen LogP contribution in [0.3, 0.4) is 0 Å². The number of carbonyl (C=O) groups excluding carboxylic acids is 2. The van der Waals surface area contributed by atoms with Gasteiger partial charge in [0.2, 0.25) is 0 Å². The Bertz CT molecular complexity index is 1050. The van der Waals surface area contributed by atoms with Crippen LogP contribution in [0.2, 0.25) is 0 Å². The summed E-state index contributed by atoms with van der Waals surface area (Å²) in [5, 5.41) is 2.98. The Labute approximate surface area is 182 Å². The Morgan fingerprint density at radius 2 is 1.74 bits per heavy atom. The van der Waals surface area contributed by atoms with E-state index in [2.05, 4.69) is 5.32 Å². The third-order valence-corrected chi connectivity index (χ3v) is 5.96. The van der Waals surface area contributed by atoms with E-state index in [0.717, 1.165) is 22.4 Å². The monoisotopic (exact) mass is 421 g/mol. The molecule has 7 heteroatoms. The van der Waals surface area contributed by atoms with Crippen molar-refractivity contribution in [3.63, 3.8) is 0 Å². The van der Waals surface area contributed by atoms with E-state index in [1.807, 2.05) is 49.4 Å². The maximum atomic E-state index is 13.3. The maximum absolute atomic E-state index is 13.3. The zero-order valence-electron chi connectivity index (χ0n) is 18.3. The summed E-state index contributed by atoms with van der Waals surface area (Å²) in [6.07, 6.45) is 0.674. The minimum atomic E-state index is -0.433. The van der Waals surface area contributed by atoms with Crippen LogP contribution >= 0.6 is 0 Å². The number of rotatable bonds is 6. The third-order valence-electron chi connectivity index (χ3n) is 5.96. The van der Waals surface area contributed by atoms with Gasteiger partial charge in [-0.2, -0.15) is 0 Å². The molecule has 2 aliphatic heterocycles. The molecule has 4 rings (SSSR count). The number of methoxy groups -OCH3 is 2. The zero-order valence-corrected chi connectivity index (χ0v) is 18.3. The molecule has 2 aliphatic rings. The molecule has 1 atom stereocenters. The number of likely N-dealkylation sites (N-methyl/N-ethyl adjacent to an activating group) is 1. The van der Waals surface area contributed by atoms with Crippen LogP contribution < -0.4 is 14.8 Å². The molecule has 0 fully saturated rings. The first-order valence-corrected chi connectivity index (χ1v) is 10.3. The van der Waals surface area contributed by atoms with Crippen molar-refractivity contribution >= 4 is 11.9 Å². The molecule has 2 aromatic carbocycles. The van der Waals surface area contributed by atoms with E-state index in [1.165, 1.54) is 0 Å². The fourth-order valence-corrected chi connectivity index (χ4v) is 4.11. The van der Waals surface area contributed by atoms with Crippen LogP contribution in [-0.4, -0.2) is 56.1 Å². The normalized spacial score (nSPS) is 18.3. The minimum Gasteiger partial charge on any atom is -0.493 e. The molecule has 162 valence electrons. The highest BCUT2D eigenvalue weighted by molar-refractivity contribution is 6.01. The SMILES string of the molecule is COc1ccc(CCN2CC3=C(C2=O)[C@@H](c2ccc(C)cc2)NC(=O)N3C)cc1OC. The zero-order chi connectivity index (χ0) is 22.1. The number of amides is 3. The third kappa shape index (κ3) is 3.83. The Kier molecular flexibility index (Phi) is 5.59. The Hall–Kier alpha value is -3.48. The van der Waals surface area contributed by atoms with Crippen LogP contribution in [0, 0.1) is 6.92 Å². The molecule has 0 aromatic heterocycles. The van der Waals surface area contributed by atoms with Crippen LogP contribution in [-0.2, 0) is 11.2 Å². The quantitative estimate of drug-likeness (QED) is 0.778. The lowest BCUT2D eigenvalue weighted by Crippen LogP contribution is -2.45. The van der Waals surface area contributed by atoms with Gasteiger partial charge in [-0.05, 0) is 36.6 Å². The van der Waals surface area contributed by atoms with Crippen LogP contribution in [0.4, 0.5) is 4.79 Å². The lowest BCUT2D eigenvalue weighted by Gasteiger charge is -2.31. The second-order valence-corrected chi connectivity index (χ2v) is 7.88. The van der Waals surface area contributed by atoms with E-state index >= 15 is 0 Å². The van der Waals surface area contributed by atoms with Crippen molar-refractivity contribution in [3.8, 4) is 11.5 Å². The van der Waals surface area contributed by atoms with Gasteiger partial charge in [0.15, 0.2) is 11.5 Å². The minimum absolute atomic E-state index is 0.0344. The van der Waals surface area contributed by atoms with Crippen molar-refractivity contribution in [2.24, 2.45) is 0 Å². The average Bonchev–Trinajstić information content (AvgIpc) is 3.11. The second kappa shape index (κ2) is 8.34. The second-order valence-electron chi connectivity index (χ2n) is 7.88. The number of carbonyl (C=O) groups is 2. The van der Waals surface area contributed by atoms with Crippen molar-refractivity contribution in [1.29, 1.82) is 0 Å². The van der Waals surface area contributed by atoms with E-state index in [1.54, 1.807) is 31.1 Å². The molecule has 3 amide bonds. The summed E-state index contributed by atoms with van der Waals surface area (Å²) in [7, 11) is 4.92. The molecule has 0 bridgehead atoms. The Balaban J connectivity index is 1.54. The van der Waals surface area contributed by atoms with Crippen molar-refractivity contribution in [2.75, 3.05) is 34.4 Å². The molecule has 31 heavy (non-hydrogen) atoms. The number of nitrogens with zero attached hydrogens (tertiary/aromatic N) is 2. The molecular formula is C24H27N3O4. The van der Waals surface area contributed by atoms with Gasteiger partial charge in [0.1, 0.15) is 0 Å². The summed E-state index contributed by atoms with van der Waals surface area (Å²) in [6, 6.07) is 13.1. The summed E-state index contributed by atoms with van der Waals surface area (Å²) < 4.78 is 10.7. The number of hydrogen-bond donors (Lipinski definition) is 1. The Morgan fingerprint density at radius 1 is 1.03 bits per heavy atom. The lowest BCUT2D eigenvalue weighted by molar-refractivity contribution is -0.125. The summed E-state index contributed by atoms with van der Waals surface area (Å²) in [5.74, 6) is 1.31. The van der Waals surface area contributed by atoms with E-state index in [9.17, 15) is 9.59 Å². The van der Waals surface area contributed by atoms with Crippen molar-refractivity contribution in [2.45, 2.75) is 19.4 Å². The average molecular weight is 421 g/mol.